The minimum Gasteiger partial charge on any atom is -0.356 e. The molecule has 2 N–H and O–H groups in total. The molecular weight excluding hydrogens is 297 g/mol. The van der Waals surface area contributed by atoms with E-state index in [1.165, 1.54) is 19.1 Å². The highest BCUT2D eigenvalue weighted by Crippen LogP contribution is 2.46. The van der Waals surface area contributed by atoms with Gasteiger partial charge in [0.2, 0.25) is 11.8 Å². The Labute approximate surface area is 126 Å². The van der Waals surface area contributed by atoms with Gasteiger partial charge in [-0.3, -0.25) is 9.59 Å². The molecule has 0 radical (unpaired) electrons. The van der Waals surface area contributed by atoms with E-state index in [0.29, 0.717) is 6.42 Å². The lowest BCUT2D eigenvalue weighted by Crippen LogP contribution is -2.31. The van der Waals surface area contributed by atoms with Gasteiger partial charge in [0.25, 0.3) is 0 Å². The van der Waals surface area contributed by atoms with Gasteiger partial charge in [0.1, 0.15) is 0 Å². The Hall–Kier alpha value is -2.05. The van der Waals surface area contributed by atoms with E-state index >= 15 is 0 Å². The van der Waals surface area contributed by atoms with E-state index in [2.05, 4.69) is 10.6 Å². The second kappa shape index (κ2) is 6.37. The summed E-state index contributed by atoms with van der Waals surface area (Å²) in [4.78, 5) is 22.3. The first-order chi connectivity index (χ1) is 10.3. The molecule has 0 heterocycles. The Kier molecular flexibility index (Phi) is 4.73. The third-order valence-electron chi connectivity index (χ3n) is 3.53. The fraction of sp³-hybridized carbons (Fsp3) is 0.467. The van der Waals surface area contributed by atoms with Crippen molar-refractivity contribution in [2.75, 3.05) is 6.54 Å². The first-order valence-corrected chi connectivity index (χ1v) is 6.99. The number of hydrogen-bond acceptors (Lipinski definition) is 2. The third-order valence-corrected chi connectivity index (χ3v) is 3.53. The Bertz CT molecular complexity index is 572. The zero-order valence-corrected chi connectivity index (χ0v) is 12.0. The summed E-state index contributed by atoms with van der Waals surface area (Å²) in [6.45, 7) is 1.57. The molecule has 120 valence electrons. The van der Waals surface area contributed by atoms with Crippen molar-refractivity contribution in [3.05, 3.63) is 35.4 Å². The Morgan fingerprint density at radius 3 is 2.59 bits per heavy atom. The number of carbonyl (C=O) groups is 2. The van der Waals surface area contributed by atoms with Crippen LogP contribution < -0.4 is 10.6 Å². The first kappa shape index (κ1) is 16.3. The highest BCUT2D eigenvalue weighted by atomic mass is 19.4. The number of rotatable bonds is 5. The molecule has 0 saturated heterocycles. The van der Waals surface area contributed by atoms with Crippen LogP contribution in [0.25, 0.3) is 0 Å². The summed E-state index contributed by atoms with van der Waals surface area (Å²) in [7, 11) is 0. The van der Waals surface area contributed by atoms with Crippen molar-refractivity contribution in [3.8, 4) is 0 Å². The molecular formula is C15H17F3N2O2. The summed E-state index contributed by atoms with van der Waals surface area (Å²) in [6.07, 6.45) is -3.78. The fourth-order valence-corrected chi connectivity index (χ4v) is 2.41. The summed E-state index contributed by atoms with van der Waals surface area (Å²) in [6, 6.07) is 5.17. The predicted molar refractivity (Wildman–Crippen MR) is 74.0 cm³/mol. The number of nitrogens with one attached hydrogen (secondary N) is 2. The van der Waals surface area contributed by atoms with Crippen LogP contribution in [0.15, 0.2) is 24.3 Å². The molecule has 2 rings (SSSR count). The van der Waals surface area contributed by atoms with Crippen molar-refractivity contribution in [1.29, 1.82) is 0 Å². The highest BCUT2D eigenvalue weighted by Gasteiger charge is 2.44. The van der Waals surface area contributed by atoms with E-state index < -0.39 is 11.7 Å². The zero-order chi connectivity index (χ0) is 16.3. The largest absolute Gasteiger partial charge is 0.416 e. The van der Waals surface area contributed by atoms with Gasteiger partial charge in [-0.1, -0.05) is 18.2 Å². The Morgan fingerprint density at radius 2 is 1.95 bits per heavy atom. The van der Waals surface area contributed by atoms with E-state index in [9.17, 15) is 22.8 Å². The summed E-state index contributed by atoms with van der Waals surface area (Å²) >= 11 is 0. The number of hydrogen-bond donors (Lipinski definition) is 2. The van der Waals surface area contributed by atoms with Crippen LogP contribution in [0.4, 0.5) is 13.2 Å². The lowest BCUT2D eigenvalue weighted by atomic mass is 10.0. The first-order valence-electron chi connectivity index (χ1n) is 6.99. The Balaban J connectivity index is 1.91. The zero-order valence-electron chi connectivity index (χ0n) is 12.0. The van der Waals surface area contributed by atoms with Gasteiger partial charge in [0, 0.05) is 31.8 Å². The molecule has 7 heteroatoms. The normalized spacial score (nSPS) is 20.4. The van der Waals surface area contributed by atoms with Crippen LogP contribution in [-0.4, -0.2) is 24.4 Å². The van der Waals surface area contributed by atoms with Gasteiger partial charge < -0.3 is 10.6 Å². The molecule has 1 saturated carbocycles. The molecule has 4 nitrogen and oxygen atoms in total. The van der Waals surface area contributed by atoms with Gasteiger partial charge in [-0.2, -0.15) is 13.2 Å². The quantitative estimate of drug-likeness (QED) is 0.875. The van der Waals surface area contributed by atoms with Gasteiger partial charge in [-0.15, -0.1) is 0 Å². The smallest absolute Gasteiger partial charge is 0.356 e. The molecule has 1 aliphatic carbocycles. The van der Waals surface area contributed by atoms with Crippen LogP contribution in [-0.2, 0) is 15.8 Å². The van der Waals surface area contributed by atoms with Crippen molar-refractivity contribution in [3.63, 3.8) is 0 Å². The maximum atomic E-state index is 12.9. The monoisotopic (exact) mass is 314 g/mol. The van der Waals surface area contributed by atoms with E-state index in [1.54, 1.807) is 6.07 Å². The molecule has 1 aliphatic rings. The number of carbonyl (C=O) groups excluding carboxylic acids is 2. The maximum Gasteiger partial charge on any atom is 0.416 e. The molecule has 0 aliphatic heterocycles. The van der Waals surface area contributed by atoms with Crippen molar-refractivity contribution < 1.29 is 22.8 Å². The molecule has 1 fully saturated rings. The lowest BCUT2D eigenvalue weighted by Gasteiger charge is -2.12. The molecule has 1 aromatic rings. The predicted octanol–water partition coefficient (Wildman–Crippen LogP) is 2.20. The topological polar surface area (TPSA) is 58.2 Å². The van der Waals surface area contributed by atoms with Gasteiger partial charge >= 0.3 is 6.18 Å². The fourth-order valence-electron chi connectivity index (χ4n) is 2.41. The van der Waals surface area contributed by atoms with Crippen LogP contribution in [0.5, 0.6) is 0 Å². The highest BCUT2D eigenvalue weighted by molar-refractivity contribution is 5.78. The molecule has 1 aromatic carbocycles. The van der Waals surface area contributed by atoms with Crippen LogP contribution >= 0.6 is 0 Å². The second-order valence-corrected chi connectivity index (χ2v) is 5.33. The summed E-state index contributed by atoms with van der Waals surface area (Å²) < 4.78 is 38.8. The van der Waals surface area contributed by atoms with Gasteiger partial charge in [0.05, 0.1) is 5.56 Å². The molecule has 0 spiro atoms. The summed E-state index contributed by atoms with van der Waals surface area (Å²) in [5, 5.41) is 5.19. The van der Waals surface area contributed by atoms with Crippen LogP contribution in [0.3, 0.4) is 0 Å². The van der Waals surface area contributed by atoms with Gasteiger partial charge in [-0.05, 0) is 18.1 Å². The van der Waals surface area contributed by atoms with Crippen molar-refractivity contribution in [2.24, 2.45) is 0 Å². The van der Waals surface area contributed by atoms with Gasteiger partial charge in [-0.25, -0.2) is 0 Å². The minimum atomic E-state index is -4.39. The van der Waals surface area contributed by atoms with E-state index in [1.807, 2.05) is 0 Å². The molecule has 0 unspecified atom stereocenters. The number of benzene rings is 1. The van der Waals surface area contributed by atoms with E-state index in [4.69, 9.17) is 0 Å². The van der Waals surface area contributed by atoms with Crippen LogP contribution in [0.1, 0.15) is 36.8 Å². The Morgan fingerprint density at radius 1 is 1.27 bits per heavy atom. The molecule has 22 heavy (non-hydrogen) atoms. The SMILES string of the molecule is CC(=O)NCCC(=O)N[C@H]1C[C@H]1c1ccccc1C(F)(F)F. The molecule has 0 bridgehead atoms. The number of halogens is 3. The van der Waals surface area contributed by atoms with Crippen molar-refractivity contribution in [1.82, 2.24) is 10.6 Å². The third kappa shape index (κ3) is 4.22. The van der Waals surface area contributed by atoms with Gasteiger partial charge in [0.15, 0.2) is 0 Å². The molecule has 2 atom stereocenters. The van der Waals surface area contributed by atoms with E-state index in [0.717, 1.165) is 6.07 Å². The van der Waals surface area contributed by atoms with Crippen LogP contribution in [0.2, 0.25) is 0 Å². The minimum absolute atomic E-state index is 0.115. The van der Waals surface area contributed by atoms with Crippen molar-refractivity contribution in [2.45, 2.75) is 37.9 Å². The summed E-state index contributed by atoms with van der Waals surface area (Å²) in [5.74, 6) is -0.801. The molecule has 0 aromatic heterocycles. The number of alkyl halides is 3. The maximum absolute atomic E-state index is 12.9. The average Bonchev–Trinajstić information content (AvgIpc) is 3.16. The summed E-state index contributed by atoms with van der Waals surface area (Å²) in [5.41, 5.74) is -0.419. The second-order valence-electron chi connectivity index (χ2n) is 5.33. The molecule has 2 amide bonds. The number of amides is 2. The lowest BCUT2D eigenvalue weighted by molar-refractivity contribution is -0.138. The van der Waals surface area contributed by atoms with Crippen LogP contribution in [0, 0.1) is 0 Å². The van der Waals surface area contributed by atoms with Crippen molar-refractivity contribution >= 4 is 11.8 Å². The standard InChI is InChI=1S/C15H17F3N2O2/c1-9(21)19-7-6-14(22)20-13-8-11(13)10-4-2-3-5-12(10)15(16,17)18/h2-5,11,13H,6-8H2,1H3,(H,19,21)(H,20,22)/t11-,13-/m0/s1. The average molecular weight is 314 g/mol. The van der Waals surface area contributed by atoms with E-state index in [-0.39, 0.29) is 42.3 Å².